The Morgan fingerprint density at radius 1 is 1.25 bits per heavy atom. The highest BCUT2D eigenvalue weighted by Crippen LogP contribution is 2.49. The van der Waals surface area contributed by atoms with Gasteiger partial charge in [0.05, 0.1) is 0 Å². The average molecular weight is 272 g/mol. The second-order valence-corrected chi connectivity index (χ2v) is 6.21. The molecule has 0 saturated heterocycles. The summed E-state index contributed by atoms with van der Waals surface area (Å²) in [5.41, 5.74) is 1.33. The summed E-state index contributed by atoms with van der Waals surface area (Å²) in [5, 5.41) is 8.74. The molecule has 106 valence electrons. The zero-order chi connectivity index (χ0) is 14.0. The summed E-state index contributed by atoms with van der Waals surface area (Å²) >= 11 is 0. The molecule has 20 heavy (non-hydrogen) atoms. The van der Waals surface area contributed by atoms with Gasteiger partial charge in [-0.1, -0.05) is 12.8 Å². The lowest BCUT2D eigenvalue weighted by molar-refractivity contribution is 0.00516. The molecule has 0 radical (unpaired) electrons. The third kappa shape index (κ3) is 2.58. The SMILES string of the molecule is N#Cc1ccc(C(=O)OC2CCC3(CCCC3)CC2)[nH]1. The van der Waals surface area contributed by atoms with E-state index in [2.05, 4.69) is 4.98 Å². The molecule has 2 aliphatic carbocycles. The summed E-state index contributed by atoms with van der Waals surface area (Å²) in [7, 11) is 0. The molecule has 0 bridgehead atoms. The molecule has 0 aromatic carbocycles. The van der Waals surface area contributed by atoms with Crippen molar-refractivity contribution in [3.63, 3.8) is 0 Å². The fourth-order valence-electron chi connectivity index (χ4n) is 3.74. The number of ether oxygens (including phenoxy) is 1. The Morgan fingerprint density at radius 3 is 2.55 bits per heavy atom. The minimum absolute atomic E-state index is 0.0440. The molecule has 0 aliphatic heterocycles. The number of aromatic amines is 1. The van der Waals surface area contributed by atoms with Gasteiger partial charge in [-0.15, -0.1) is 0 Å². The van der Waals surface area contributed by atoms with Crippen LogP contribution in [-0.2, 0) is 4.74 Å². The molecule has 3 rings (SSSR count). The van der Waals surface area contributed by atoms with Gasteiger partial charge in [0.15, 0.2) is 0 Å². The van der Waals surface area contributed by atoms with Crippen molar-refractivity contribution in [3.8, 4) is 6.07 Å². The third-order valence-electron chi connectivity index (χ3n) is 4.96. The molecule has 0 amide bonds. The highest BCUT2D eigenvalue weighted by molar-refractivity contribution is 5.87. The lowest BCUT2D eigenvalue weighted by Crippen LogP contribution is -2.30. The Labute approximate surface area is 119 Å². The maximum absolute atomic E-state index is 12.0. The summed E-state index contributed by atoms with van der Waals surface area (Å²) in [6.45, 7) is 0. The monoisotopic (exact) mass is 272 g/mol. The molecule has 1 spiro atoms. The predicted molar refractivity (Wildman–Crippen MR) is 74.1 cm³/mol. The number of nitrogens with one attached hydrogen (secondary N) is 1. The van der Waals surface area contributed by atoms with Crippen LogP contribution in [-0.4, -0.2) is 17.1 Å². The minimum atomic E-state index is -0.334. The number of H-pyrrole nitrogens is 1. The number of hydrogen-bond donors (Lipinski definition) is 1. The van der Waals surface area contributed by atoms with E-state index in [4.69, 9.17) is 10.00 Å². The predicted octanol–water partition coefficient (Wildman–Crippen LogP) is 3.55. The zero-order valence-corrected chi connectivity index (χ0v) is 11.7. The van der Waals surface area contributed by atoms with Gasteiger partial charge in [-0.3, -0.25) is 0 Å². The van der Waals surface area contributed by atoms with Crippen molar-refractivity contribution in [2.24, 2.45) is 5.41 Å². The van der Waals surface area contributed by atoms with Crippen molar-refractivity contribution in [3.05, 3.63) is 23.5 Å². The van der Waals surface area contributed by atoms with Gasteiger partial charge in [-0.2, -0.15) is 5.26 Å². The number of rotatable bonds is 2. The van der Waals surface area contributed by atoms with Crippen LogP contribution in [0.15, 0.2) is 12.1 Å². The molecule has 2 fully saturated rings. The van der Waals surface area contributed by atoms with Gasteiger partial charge < -0.3 is 9.72 Å². The lowest BCUT2D eigenvalue weighted by atomic mass is 9.72. The van der Waals surface area contributed by atoms with Crippen molar-refractivity contribution in [2.75, 3.05) is 0 Å². The van der Waals surface area contributed by atoms with Crippen LogP contribution in [0.4, 0.5) is 0 Å². The average Bonchev–Trinajstić information content (AvgIpc) is 3.11. The number of carbonyl (C=O) groups excluding carboxylic acids is 1. The Morgan fingerprint density at radius 2 is 1.95 bits per heavy atom. The van der Waals surface area contributed by atoms with Gasteiger partial charge in [-0.05, 0) is 56.1 Å². The quantitative estimate of drug-likeness (QED) is 0.837. The van der Waals surface area contributed by atoms with E-state index in [1.165, 1.54) is 38.5 Å². The van der Waals surface area contributed by atoms with E-state index < -0.39 is 0 Å². The molecule has 0 atom stereocenters. The summed E-state index contributed by atoms with van der Waals surface area (Å²) in [6.07, 6.45) is 9.84. The highest BCUT2D eigenvalue weighted by atomic mass is 16.5. The smallest absolute Gasteiger partial charge is 0.355 e. The molecule has 1 aromatic heterocycles. The van der Waals surface area contributed by atoms with Gasteiger partial charge in [-0.25, -0.2) is 4.79 Å². The van der Waals surface area contributed by atoms with Crippen LogP contribution in [0.5, 0.6) is 0 Å². The van der Waals surface area contributed by atoms with Crippen molar-refractivity contribution >= 4 is 5.97 Å². The van der Waals surface area contributed by atoms with Gasteiger partial charge in [0.25, 0.3) is 0 Å². The summed E-state index contributed by atoms with van der Waals surface area (Å²) in [6, 6.07) is 5.19. The van der Waals surface area contributed by atoms with Crippen LogP contribution in [0.3, 0.4) is 0 Å². The fourth-order valence-corrected chi connectivity index (χ4v) is 3.74. The van der Waals surface area contributed by atoms with E-state index >= 15 is 0 Å². The number of carbonyl (C=O) groups is 1. The van der Waals surface area contributed by atoms with E-state index in [0.29, 0.717) is 16.8 Å². The first-order valence-electron chi connectivity index (χ1n) is 7.51. The normalized spacial score (nSPS) is 21.8. The van der Waals surface area contributed by atoms with E-state index in [1.807, 2.05) is 6.07 Å². The van der Waals surface area contributed by atoms with E-state index in [-0.39, 0.29) is 12.1 Å². The van der Waals surface area contributed by atoms with E-state index in [9.17, 15) is 4.79 Å². The van der Waals surface area contributed by atoms with Gasteiger partial charge in [0, 0.05) is 0 Å². The van der Waals surface area contributed by atoms with Crippen LogP contribution >= 0.6 is 0 Å². The van der Waals surface area contributed by atoms with E-state index in [0.717, 1.165) is 12.8 Å². The topological polar surface area (TPSA) is 65.9 Å². The third-order valence-corrected chi connectivity index (χ3v) is 4.96. The first-order chi connectivity index (χ1) is 9.71. The standard InChI is InChI=1S/C16H20N2O2/c17-11-12-3-4-14(18-12)15(19)20-13-5-9-16(10-6-13)7-1-2-8-16/h3-4,13,18H,1-2,5-10H2. The van der Waals surface area contributed by atoms with Crippen molar-refractivity contribution in [1.29, 1.82) is 5.26 Å². The molecule has 4 nitrogen and oxygen atoms in total. The van der Waals surface area contributed by atoms with Crippen LogP contribution < -0.4 is 0 Å². The maximum atomic E-state index is 12.0. The summed E-state index contributed by atoms with van der Waals surface area (Å²) in [5.74, 6) is -0.334. The summed E-state index contributed by atoms with van der Waals surface area (Å²) in [4.78, 5) is 14.8. The molecule has 0 unspecified atom stereocenters. The van der Waals surface area contributed by atoms with E-state index in [1.54, 1.807) is 12.1 Å². The molecule has 1 aromatic rings. The number of hydrogen-bond acceptors (Lipinski definition) is 3. The number of esters is 1. The second kappa shape index (κ2) is 5.32. The molecule has 2 saturated carbocycles. The van der Waals surface area contributed by atoms with Crippen molar-refractivity contribution < 1.29 is 9.53 Å². The van der Waals surface area contributed by atoms with Gasteiger partial charge in [0.1, 0.15) is 23.6 Å². The first kappa shape index (κ1) is 13.2. The molecule has 1 heterocycles. The molecular weight excluding hydrogens is 252 g/mol. The Balaban J connectivity index is 1.54. The second-order valence-electron chi connectivity index (χ2n) is 6.21. The van der Waals surface area contributed by atoms with Crippen LogP contribution in [0, 0.1) is 16.7 Å². The van der Waals surface area contributed by atoms with Gasteiger partial charge >= 0.3 is 5.97 Å². The van der Waals surface area contributed by atoms with Crippen molar-refractivity contribution in [2.45, 2.75) is 57.5 Å². The highest BCUT2D eigenvalue weighted by Gasteiger charge is 2.38. The van der Waals surface area contributed by atoms with Crippen LogP contribution in [0.1, 0.15) is 67.5 Å². The number of nitriles is 1. The van der Waals surface area contributed by atoms with Crippen LogP contribution in [0.25, 0.3) is 0 Å². The maximum Gasteiger partial charge on any atom is 0.355 e. The number of aromatic nitrogens is 1. The molecule has 4 heteroatoms. The first-order valence-corrected chi connectivity index (χ1v) is 7.51. The Bertz CT molecular complexity index is 525. The lowest BCUT2D eigenvalue weighted by Gasteiger charge is -2.36. The Hall–Kier alpha value is -1.76. The van der Waals surface area contributed by atoms with Gasteiger partial charge in [0.2, 0.25) is 0 Å². The summed E-state index contributed by atoms with van der Waals surface area (Å²) < 4.78 is 5.56. The molecule has 2 aliphatic rings. The zero-order valence-electron chi connectivity index (χ0n) is 11.7. The number of nitrogens with zero attached hydrogens (tertiary/aromatic N) is 1. The largest absolute Gasteiger partial charge is 0.458 e. The Kier molecular flexibility index (Phi) is 3.52. The fraction of sp³-hybridized carbons (Fsp3) is 0.625. The molecule has 1 N–H and O–H groups in total. The molecular formula is C16H20N2O2. The van der Waals surface area contributed by atoms with Crippen molar-refractivity contribution in [1.82, 2.24) is 4.98 Å². The van der Waals surface area contributed by atoms with Crippen LogP contribution in [0.2, 0.25) is 0 Å². The minimum Gasteiger partial charge on any atom is -0.458 e.